The van der Waals surface area contributed by atoms with Gasteiger partial charge in [-0.3, -0.25) is 9.69 Å². The number of ether oxygens (including phenoxy) is 1. The maximum Gasteiger partial charge on any atom is 0.319 e. The second-order valence-electron chi connectivity index (χ2n) is 13.4. The molecule has 236 valence electrons. The SMILES string of the molecule is Nc1nc2c(-c3c(F)c4nc(OC[C@@]56CCCN5C[C@H](F)C6)nc(N5CC6CNCC6C5)c4c(=O)n3C3CC3)ccc(F)c2s1. The molecule has 9 rings (SSSR count). The van der Waals surface area contributed by atoms with Gasteiger partial charge in [0.25, 0.3) is 5.56 Å². The highest BCUT2D eigenvalue weighted by atomic mass is 32.1. The molecule has 4 saturated heterocycles. The number of hydrogen-bond donors (Lipinski definition) is 2. The Labute approximate surface area is 260 Å². The third-order valence-electron chi connectivity index (χ3n) is 10.6. The van der Waals surface area contributed by atoms with E-state index in [0.717, 1.165) is 43.8 Å². The van der Waals surface area contributed by atoms with Crippen molar-refractivity contribution in [3.63, 3.8) is 0 Å². The fraction of sp³-hybridized carbons (Fsp3) is 0.548. The minimum absolute atomic E-state index is 0.0139. The van der Waals surface area contributed by atoms with Crippen LogP contribution in [-0.4, -0.2) is 82.0 Å². The van der Waals surface area contributed by atoms with Crippen molar-refractivity contribution >= 4 is 43.4 Å². The molecule has 10 nitrogen and oxygen atoms in total. The van der Waals surface area contributed by atoms with Crippen LogP contribution in [0.2, 0.25) is 0 Å². The number of fused-ring (bicyclic) bond motifs is 4. The summed E-state index contributed by atoms with van der Waals surface area (Å²) in [6, 6.07) is 2.46. The largest absolute Gasteiger partial charge is 0.461 e. The molecule has 3 N–H and O–H groups in total. The van der Waals surface area contributed by atoms with Crippen LogP contribution in [0.5, 0.6) is 6.01 Å². The summed E-state index contributed by atoms with van der Waals surface area (Å²) in [4.78, 5) is 32.4. The van der Waals surface area contributed by atoms with Crippen molar-refractivity contribution < 1.29 is 17.9 Å². The molecule has 5 aliphatic rings. The van der Waals surface area contributed by atoms with E-state index >= 15 is 4.39 Å². The van der Waals surface area contributed by atoms with Gasteiger partial charge in [0.05, 0.1) is 21.4 Å². The van der Waals surface area contributed by atoms with E-state index in [1.54, 1.807) is 0 Å². The number of hydrogen-bond acceptors (Lipinski definition) is 10. The van der Waals surface area contributed by atoms with E-state index in [9.17, 15) is 13.6 Å². The van der Waals surface area contributed by atoms with Crippen molar-refractivity contribution in [2.45, 2.75) is 49.9 Å². The summed E-state index contributed by atoms with van der Waals surface area (Å²) in [6.07, 6.45) is 2.64. The number of alkyl halides is 1. The lowest BCUT2D eigenvalue weighted by molar-refractivity contribution is 0.107. The molecule has 0 amide bonds. The summed E-state index contributed by atoms with van der Waals surface area (Å²) >= 11 is 0.980. The lowest BCUT2D eigenvalue weighted by Gasteiger charge is -2.31. The number of benzene rings is 1. The zero-order valence-corrected chi connectivity index (χ0v) is 25.4. The van der Waals surface area contributed by atoms with Crippen LogP contribution in [0.1, 0.15) is 38.1 Å². The van der Waals surface area contributed by atoms with Gasteiger partial charge in [0.1, 0.15) is 35.3 Å². The second kappa shape index (κ2) is 10.0. The fourth-order valence-corrected chi connectivity index (χ4v) is 9.07. The number of nitrogens with two attached hydrogens (primary N) is 1. The van der Waals surface area contributed by atoms with Crippen molar-refractivity contribution in [3.8, 4) is 17.3 Å². The van der Waals surface area contributed by atoms with E-state index in [1.807, 2.05) is 0 Å². The van der Waals surface area contributed by atoms with E-state index in [0.29, 0.717) is 56.6 Å². The number of thiazole rings is 1. The van der Waals surface area contributed by atoms with Crippen molar-refractivity contribution in [2.75, 3.05) is 56.5 Å². The molecule has 1 aliphatic carbocycles. The van der Waals surface area contributed by atoms with Gasteiger partial charge in [-0.05, 0) is 56.2 Å². The first-order chi connectivity index (χ1) is 21.8. The molecule has 4 atom stereocenters. The molecular weight excluding hydrogens is 605 g/mol. The number of nitrogen functional groups attached to an aromatic ring is 1. The third-order valence-corrected chi connectivity index (χ3v) is 11.5. The smallest absolute Gasteiger partial charge is 0.319 e. The minimum Gasteiger partial charge on any atom is -0.461 e. The van der Waals surface area contributed by atoms with Gasteiger partial charge >= 0.3 is 6.01 Å². The van der Waals surface area contributed by atoms with Crippen LogP contribution in [-0.2, 0) is 0 Å². The number of anilines is 2. The minimum atomic E-state index is -0.923. The molecule has 2 unspecified atom stereocenters. The van der Waals surface area contributed by atoms with Crippen LogP contribution in [0.3, 0.4) is 0 Å². The van der Waals surface area contributed by atoms with Crippen molar-refractivity contribution in [3.05, 3.63) is 34.1 Å². The quantitative estimate of drug-likeness (QED) is 0.325. The Bertz CT molecular complexity index is 1920. The Balaban J connectivity index is 1.24. The number of pyridine rings is 1. The Morgan fingerprint density at radius 1 is 1.09 bits per heavy atom. The van der Waals surface area contributed by atoms with Gasteiger partial charge < -0.3 is 25.3 Å². The van der Waals surface area contributed by atoms with Crippen LogP contribution in [0, 0.1) is 23.5 Å². The predicted molar refractivity (Wildman–Crippen MR) is 166 cm³/mol. The fourth-order valence-electron chi connectivity index (χ4n) is 8.31. The average molecular weight is 639 g/mol. The zero-order chi connectivity index (χ0) is 30.6. The summed E-state index contributed by atoms with van der Waals surface area (Å²) in [5.74, 6) is -0.0742. The summed E-state index contributed by atoms with van der Waals surface area (Å²) in [5.41, 5.74) is 5.48. The Morgan fingerprint density at radius 2 is 1.89 bits per heavy atom. The van der Waals surface area contributed by atoms with Crippen molar-refractivity contribution in [1.29, 1.82) is 0 Å². The van der Waals surface area contributed by atoms with Gasteiger partial charge in [0.15, 0.2) is 10.9 Å². The molecule has 1 aromatic carbocycles. The highest BCUT2D eigenvalue weighted by Crippen LogP contribution is 2.44. The van der Waals surface area contributed by atoms with Crippen LogP contribution >= 0.6 is 11.3 Å². The molecule has 0 radical (unpaired) electrons. The normalized spacial score (nSPS) is 28.1. The Kier molecular flexibility index (Phi) is 6.18. The van der Waals surface area contributed by atoms with Crippen molar-refractivity contribution in [1.82, 2.24) is 29.7 Å². The molecule has 3 aromatic heterocycles. The molecule has 5 fully saturated rings. The topological polar surface area (TPSA) is 114 Å². The monoisotopic (exact) mass is 638 g/mol. The van der Waals surface area contributed by atoms with Crippen LogP contribution in [0.15, 0.2) is 16.9 Å². The zero-order valence-electron chi connectivity index (χ0n) is 24.6. The summed E-state index contributed by atoms with van der Waals surface area (Å²) < 4.78 is 54.4. The first-order valence-corrected chi connectivity index (χ1v) is 16.6. The van der Waals surface area contributed by atoms with Gasteiger partial charge in [0.2, 0.25) is 0 Å². The lowest BCUT2D eigenvalue weighted by Crippen LogP contribution is -2.43. The molecule has 0 bridgehead atoms. The van der Waals surface area contributed by atoms with Gasteiger partial charge in [0, 0.05) is 50.7 Å². The van der Waals surface area contributed by atoms with E-state index < -0.39 is 28.9 Å². The molecule has 45 heavy (non-hydrogen) atoms. The summed E-state index contributed by atoms with van der Waals surface area (Å²) in [6.45, 7) is 4.46. The first-order valence-electron chi connectivity index (χ1n) is 15.8. The van der Waals surface area contributed by atoms with E-state index in [-0.39, 0.29) is 56.2 Å². The molecule has 4 aromatic rings. The standard InChI is InChI=1S/C31H33F3N8O2S/c32-17-8-31(6-1-7-41(31)13-17)14-44-30-38-24-21(27(39-30)40-11-15-9-36-10-16(15)12-40)28(43)42(18-2-3-18)25(22(24)34)19-4-5-20(33)26-23(19)37-29(35)45-26/h4-5,15-18,36H,1-3,6-14H2,(H2,35,37)/t15?,16?,17-,31+/m1/s1. The lowest BCUT2D eigenvalue weighted by atomic mass is 9.95. The highest BCUT2D eigenvalue weighted by molar-refractivity contribution is 7.22. The number of aromatic nitrogens is 4. The molecule has 1 saturated carbocycles. The number of nitrogens with one attached hydrogen (secondary N) is 1. The maximum atomic E-state index is 17.2. The molecule has 7 heterocycles. The molecule has 4 aliphatic heterocycles. The van der Waals surface area contributed by atoms with E-state index in [2.05, 4.69) is 25.1 Å². The Hall–Kier alpha value is -3.49. The van der Waals surface area contributed by atoms with Gasteiger partial charge in [-0.25, -0.2) is 18.2 Å². The van der Waals surface area contributed by atoms with Gasteiger partial charge in [-0.1, -0.05) is 11.3 Å². The number of rotatable bonds is 6. The number of nitrogens with zero attached hydrogens (tertiary/aromatic N) is 6. The van der Waals surface area contributed by atoms with E-state index in [1.165, 1.54) is 16.7 Å². The second-order valence-corrected chi connectivity index (χ2v) is 14.4. The summed E-state index contributed by atoms with van der Waals surface area (Å²) in [5, 5.41) is 3.70. The van der Waals surface area contributed by atoms with Gasteiger partial charge in [-0.15, -0.1) is 0 Å². The molecular formula is C31H33F3N8O2S. The Morgan fingerprint density at radius 3 is 2.67 bits per heavy atom. The van der Waals surface area contributed by atoms with Crippen LogP contribution < -0.4 is 26.2 Å². The predicted octanol–water partition coefficient (Wildman–Crippen LogP) is 3.87. The first kappa shape index (κ1) is 27.8. The van der Waals surface area contributed by atoms with Crippen molar-refractivity contribution in [2.24, 2.45) is 11.8 Å². The number of halogens is 3. The third kappa shape index (κ3) is 4.28. The molecule has 14 heteroatoms. The maximum absolute atomic E-state index is 17.2. The highest BCUT2D eigenvalue weighted by Gasteiger charge is 2.49. The summed E-state index contributed by atoms with van der Waals surface area (Å²) in [7, 11) is 0. The van der Waals surface area contributed by atoms with Crippen LogP contribution in [0.4, 0.5) is 24.1 Å². The van der Waals surface area contributed by atoms with E-state index in [4.69, 9.17) is 15.5 Å². The molecule has 0 spiro atoms. The van der Waals surface area contributed by atoms with Crippen LogP contribution in [0.25, 0.3) is 32.4 Å². The average Bonchev–Trinajstić information content (AvgIpc) is 3.34. The van der Waals surface area contributed by atoms with Gasteiger partial charge in [-0.2, -0.15) is 9.97 Å².